The maximum atomic E-state index is 9.92. The zero-order valence-corrected chi connectivity index (χ0v) is 15.9. The number of aromatic hydroxyl groups is 1. The molecular formula is C17H15Br2N3O. The SMILES string of the molecule is CCn1c(/N=C/c2cc(C)ccc2O)nc2cc(Br)c(Br)cc21. The van der Waals surface area contributed by atoms with Crippen LogP contribution in [0.15, 0.2) is 44.3 Å². The average molecular weight is 437 g/mol. The van der Waals surface area contributed by atoms with E-state index in [9.17, 15) is 5.11 Å². The van der Waals surface area contributed by atoms with Crippen molar-refractivity contribution in [1.29, 1.82) is 0 Å². The van der Waals surface area contributed by atoms with E-state index in [1.807, 2.05) is 35.8 Å². The molecule has 1 N–H and O–H groups in total. The minimum atomic E-state index is 0.212. The van der Waals surface area contributed by atoms with Gasteiger partial charge in [-0.05, 0) is 70.0 Å². The third-order valence-electron chi connectivity index (χ3n) is 3.59. The number of aryl methyl sites for hydroxylation is 2. The topological polar surface area (TPSA) is 50.4 Å². The van der Waals surface area contributed by atoms with Crippen LogP contribution in [0.2, 0.25) is 0 Å². The maximum absolute atomic E-state index is 9.92. The van der Waals surface area contributed by atoms with Crippen LogP contribution in [0.1, 0.15) is 18.1 Å². The van der Waals surface area contributed by atoms with E-state index in [2.05, 4.69) is 48.8 Å². The predicted molar refractivity (Wildman–Crippen MR) is 101 cm³/mol. The molecule has 0 spiro atoms. The molecule has 0 radical (unpaired) electrons. The first-order valence-corrected chi connectivity index (χ1v) is 8.77. The molecule has 0 unspecified atom stereocenters. The standard InChI is InChI=1S/C17H15Br2N3O/c1-3-22-15-8-13(19)12(18)7-14(15)21-17(22)20-9-11-6-10(2)4-5-16(11)23/h4-9,23H,3H2,1-2H3/b20-9+. The van der Waals surface area contributed by atoms with Gasteiger partial charge in [0.2, 0.25) is 5.95 Å². The fraction of sp³-hybridized carbons (Fsp3) is 0.176. The van der Waals surface area contributed by atoms with Crippen LogP contribution in [0.5, 0.6) is 5.75 Å². The molecule has 2 aromatic carbocycles. The zero-order valence-electron chi connectivity index (χ0n) is 12.7. The molecule has 0 atom stereocenters. The number of rotatable bonds is 3. The van der Waals surface area contributed by atoms with Crippen LogP contribution >= 0.6 is 31.9 Å². The number of phenols is 1. The Bertz CT molecular complexity index is 916. The van der Waals surface area contributed by atoms with Crippen molar-refractivity contribution in [3.8, 4) is 5.75 Å². The first-order chi connectivity index (χ1) is 11.0. The van der Waals surface area contributed by atoms with E-state index in [1.165, 1.54) is 0 Å². The van der Waals surface area contributed by atoms with Crippen LogP contribution in [0.25, 0.3) is 11.0 Å². The van der Waals surface area contributed by atoms with Crippen molar-refractivity contribution in [3.63, 3.8) is 0 Å². The summed E-state index contributed by atoms with van der Waals surface area (Å²) in [5.41, 5.74) is 3.65. The molecular weight excluding hydrogens is 422 g/mol. The van der Waals surface area contributed by atoms with Gasteiger partial charge in [0.1, 0.15) is 5.75 Å². The van der Waals surface area contributed by atoms with Gasteiger partial charge in [-0.1, -0.05) is 11.6 Å². The Hall–Kier alpha value is -1.66. The molecule has 0 saturated heterocycles. The normalized spacial score (nSPS) is 11.7. The van der Waals surface area contributed by atoms with Crippen LogP contribution in [-0.4, -0.2) is 20.9 Å². The van der Waals surface area contributed by atoms with Crippen LogP contribution in [-0.2, 0) is 6.54 Å². The van der Waals surface area contributed by atoms with Crippen molar-refractivity contribution in [2.75, 3.05) is 0 Å². The number of fused-ring (bicyclic) bond motifs is 1. The molecule has 0 saturated carbocycles. The van der Waals surface area contributed by atoms with Gasteiger partial charge in [-0.25, -0.2) is 9.98 Å². The number of benzene rings is 2. The lowest BCUT2D eigenvalue weighted by molar-refractivity contribution is 0.474. The van der Waals surface area contributed by atoms with Gasteiger partial charge in [-0.3, -0.25) is 0 Å². The van der Waals surface area contributed by atoms with Gasteiger partial charge in [0, 0.05) is 27.3 Å². The summed E-state index contributed by atoms with van der Waals surface area (Å²) in [5.74, 6) is 0.831. The summed E-state index contributed by atoms with van der Waals surface area (Å²) < 4.78 is 3.97. The lowest BCUT2D eigenvalue weighted by atomic mass is 10.1. The quantitative estimate of drug-likeness (QED) is 0.563. The minimum absolute atomic E-state index is 0.212. The molecule has 0 amide bonds. The Morgan fingerprint density at radius 2 is 1.96 bits per heavy atom. The lowest BCUT2D eigenvalue weighted by Gasteiger charge is -2.03. The average Bonchev–Trinajstić information content (AvgIpc) is 2.85. The molecule has 1 heterocycles. The third-order valence-corrected chi connectivity index (χ3v) is 5.43. The van der Waals surface area contributed by atoms with E-state index in [0.29, 0.717) is 11.5 Å². The smallest absolute Gasteiger partial charge is 0.230 e. The van der Waals surface area contributed by atoms with E-state index in [-0.39, 0.29) is 5.75 Å². The summed E-state index contributed by atoms with van der Waals surface area (Å²) in [7, 11) is 0. The monoisotopic (exact) mass is 435 g/mol. The van der Waals surface area contributed by atoms with Crippen molar-refractivity contribution in [1.82, 2.24) is 9.55 Å². The highest BCUT2D eigenvalue weighted by atomic mass is 79.9. The number of phenolic OH excluding ortho intramolecular Hbond substituents is 1. The van der Waals surface area contributed by atoms with E-state index in [0.717, 1.165) is 32.1 Å². The van der Waals surface area contributed by atoms with Gasteiger partial charge in [0.15, 0.2) is 0 Å². The van der Waals surface area contributed by atoms with E-state index >= 15 is 0 Å². The third kappa shape index (κ3) is 3.19. The number of aromatic nitrogens is 2. The van der Waals surface area contributed by atoms with Gasteiger partial charge in [-0.15, -0.1) is 0 Å². The molecule has 3 rings (SSSR count). The predicted octanol–water partition coefficient (Wildman–Crippen LogP) is 5.35. The minimum Gasteiger partial charge on any atom is -0.507 e. The molecule has 3 aromatic rings. The molecule has 0 aliphatic carbocycles. The molecule has 0 bridgehead atoms. The van der Waals surface area contributed by atoms with Gasteiger partial charge < -0.3 is 9.67 Å². The van der Waals surface area contributed by atoms with Crippen molar-refractivity contribution in [3.05, 3.63) is 50.4 Å². The molecule has 1 aromatic heterocycles. The van der Waals surface area contributed by atoms with Crippen LogP contribution in [0.3, 0.4) is 0 Å². The van der Waals surface area contributed by atoms with Crippen LogP contribution in [0, 0.1) is 6.92 Å². The van der Waals surface area contributed by atoms with Crippen LogP contribution < -0.4 is 0 Å². The number of imidazole rings is 1. The van der Waals surface area contributed by atoms with Crippen molar-refractivity contribution in [2.45, 2.75) is 20.4 Å². The van der Waals surface area contributed by atoms with Crippen molar-refractivity contribution >= 4 is 55.1 Å². The molecule has 0 fully saturated rings. The number of hydrogen-bond acceptors (Lipinski definition) is 3. The summed E-state index contributed by atoms with van der Waals surface area (Å²) in [4.78, 5) is 9.07. The van der Waals surface area contributed by atoms with Crippen molar-refractivity contribution < 1.29 is 5.11 Å². The van der Waals surface area contributed by atoms with Gasteiger partial charge in [0.05, 0.1) is 11.0 Å². The Labute approximate surface area is 151 Å². The Morgan fingerprint density at radius 3 is 2.70 bits per heavy atom. The van der Waals surface area contributed by atoms with Gasteiger partial charge >= 0.3 is 0 Å². The highest BCUT2D eigenvalue weighted by Crippen LogP contribution is 2.31. The second-order valence-corrected chi connectivity index (χ2v) is 6.94. The second-order valence-electron chi connectivity index (χ2n) is 5.23. The van der Waals surface area contributed by atoms with Gasteiger partial charge in [0.25, 0.3) is 0 Å². The van der Waals surface area contributed by atoms with Crippen LogP contribution in [0.4, 0.5) is 5.95 Å². The largest absolute Gasteiger partial charge is 0.507 e. The first-order valence-electron chi connectivity index (χ1n) is 7.18. The molecule has 118 valence electrons. The molecule has 0 aliphatic rings. The summed E-state index contributed by atoms with van der Waals surface area (Å²) in [5, 5.41) is 9.92. The summed E-state index contributed by atoms with van der Waals surface area (Å²) in [6, 6.07) is 9.43. The zero-order chi connectivity index (χ0) is 16.6. The first kappa shape index (κ1) is 16.2. The summed E-state index contributed by atoms with van der Waals surface area (Å²) in [6.45, 7) is 4.80. The molecule has 4 nitrogen and oxygen atoms in total. The highest BCUT2D eigenvalue weighted by Gasteiger charge is 2.11. The Kier molecular flexibility index (Phi) is 4.55. The maximum Gasteiger partial charge on any atom is 0.230 e. The molecule has 23 heavy (non-hydrogen) atoms. The number of hydrogen-bond donors (Lipinski definition) is 1. The Balaban J connectivity index is 2.09. The number of aliphatic imine (C=N–C) groups is 1. The second kappa shape index (κ2) is 6.45. The summed E-state index contributed by atoms with van der Waals surface area (Å²) in [6.07, 6.45) is 1.65. The fourth-order valence-corrected chi connectivity index (χ4v) is 3.08. The number of nitrogens with zero attached hydrogens (tertiary/aromatic N) is 3. The molecule has 6 heteroatoms. The Morgan fingerprint density at radius 1 is 1.22 bits per heavy atom. The van der Waals surface area contributed by atoms with Gasteiger partial charge in [-0.2, -0.15) is 0 Å². The van der Waals surface area contributed by atoms with E-state index in [4.69, 9.17) is 0 Å². The lowest BCUT2D eigenvalue weighted by Crippen LogP contribution is -1.94. The van der Waals surface area contributed by atoms with E-state index < -0.39 is 0 Å². The van der Waals surface area contributed by atoms with E-state index in [1.54, 1.807) is 12.3 Å². The summed E-state index contributed by atoms with van der Waals surface area (Å²) >= 11 is 7.02. The highest BCUT2D eigenvalue weighted by molar-refractivity contribution is 9.13. The fourth-order valence-electron chi connectivity index (χ4n) is 2.42. The molecule has 0 aliphatic heterocycles. The number of halogens is 2. The van der Waals surface area contributed by atoms with Crippen molar-refractivity contribution in [2.24, 2.45) is 4.99 Å².